The second-order valence-electron chi connectivity index (χ2n) is 4.38. The molecule has 0 saturated carbocycles. The van der Waals surface area contributed by atoms with Crippen LogP contribution < -0.4 is 5.32 Å². The molecule has 20 heavy (non-hydrogen) atoms. The first-order valence-corrected chi connectivity index (χ1v) is 7.34. The Morgan fingerprint density at radius 3 is 2.75 bits per heavy atom. The maximum Gasteiger partial charge on any atom is 0.326 e. The summed E-state index contributed by atoms with van der Waals surface area (Å²) < 4.78 is 0. The van der Waals surface area contributed by atoms with E-state index >= 15 is 0 Å². The van der Waals surface area contributed by atoms with Crippen molar-refractivity contribution in [2.24, 2.45) is 0 Å². The zero-order valence-corrected chi connectivity index (χ0v) is 12.3. The fourth-order valence-corrected chi connectivity index (χ4v) is 2.48. The van der Waals surface area contributed by atoms with Crippen LogP contribution >= 0.6 is 11.8 Å². The number of carbonyl (C=O) groups is 2. The number of hydrogen-bond donors (Lipinski definition) is 2. The summed E-state index contributed by atoms with van der Waals surface area (Å²) in [5.74, 6) is -1.07. The van der Waals surface area contributed by atoms with Crippen LogP contribution in [-0.2, 0) is 9.59 Å². The van der Waals surface area contributed by atoms with Gasteiger partial charge in [-0.05, 0) is 31.4 Å². The van der Waals surface area contributed by atoms with Gasteiger partial charge in [-0.15, -0.1) is 18.3 Å². The highest BCUT2D eigenvalue weighted by Crippen LogP contribution is 2.21. The number of carboxylic acid groups (broad SMARTS) is 1. The van der Waals surface area contributed by atoms with E-state index < -0.39 is 12.0 Å². The molecule has 2 N–H and O–H groups in total. The number of carboxylic acids is 1. The van der Waals surface area contributed by atoms with Crippen molar-refractivity contribution in [2.45, 2.75) is 30.7 Å². The van der Waals surface area contributed by atoms with Crippen LogP contribution in [0.5, 0.6) is 0 Å². The van der Waals surface area contributed by atoms with Crippen molar-refractivity contribution in [3.63, 3.8) is 0 Å². The molecule has 0 aromatic heterocycles. The summed E-state index contributed by atoms with van der Waals surface area (Å²) >= 11 is 1.41. The largest absolute Gasteiger partial charge is 0.480 e. The molecule has 0 aliphatic carbocycles. The lowest BCUT2D eigenvalue weighted by Crippen LogP contribution is -2.41. The van der Waals surface area contributed by atoms with E-state index in [4.69, 9.17) is 5.11 Å². The summed E-state index contributed by atoms with van der Waals surface area (Å²) in [5, 5.41) is 11.6. The summed E-state index contributed by atoms with van der Waals surface area (Å²) in [4.78, 5) is 23.8. The van der Waals surface area contributed by atoms with Gasteiger partial charge >= 0.3 is 5.97 Å². The third kappa shape index (κ3) is 5.48. The molecule has 0 saturated heterocycles. The van der Waals surface area contributed by atoms with E-state index in [1.807, 2.05) is 31.2 Å². The van der Waals surface area contributed by atoms with E-state index in [0.717, 1.165) is 10.5 Å². The quantitative estimate of drug-likeness (QED) is 0.571. The molecule has 1 aromatic rings. The smallest absolute Gasteiger partial charge is 0.326 e. The van der Waals surface area contributed by atoms with Crippen LogP contribution in [0.15, 0.2) is 41.8 Å². The van der Waals surface area contributed by atoms with Gasteiger partial charge in [0, 0.05) is 4.90 Å². The van der Waals surface area contributed by atoms with Crippen molar-refractivity contribution in [1.82, 2.24) is 5.32 Å². The first-order valence-electron chi connectivity index (χ1n) is 6.36. The molecule has 0 spiro atoms. The van der Waals surface area contributed by atoms with Gasteiger partial charge in [0.25, 0.3) is 0 Å². The second kappa shape index (κ2) is 8.43. The fraction of sp³-hybridized carbons (Fsp3) is 0.333. The number of aliphatic carboxylic acids is 1. The molecule has 4 nitrogen and oxygen atoms in total. The van der Waals surface area contributed by atoms with Crippen molar-refractivity contribution in [3.8, 4) is 0 Å². The van der Waals surface area contributed by atoms with Crippen LogP contribution in [0.2, 0.25) is 0 Å². The molecule has 0 aliphatic heterocycles. The normalized spacial score (nSPS) is 11.7. The van der Waals surface area contributed by atoms with Gasteiger partial charge in [-0.3, -0.25) is 4.79 Å². The molecule has 0 fully saturated rings. The Kier molecular flexibility index (Phi) is 6.87. The standard InChI is InChI=1S/C15H19NO3S/c1-3-4-8-12(15(18)19)16-14(17)10-20-13-9-6-5-7-11(13)2/h3,5-7,9,12H,1,4,8,10H2,2H3,(H,16,17)(H,18,19). The number of amides is 1. The molecule has 0 heterocycles. The Bertz CT molecular complexity index is 488. The lowest BCUT2D eigenvalue weighted by molar-refractivity contribution is -0.141. The molecule has 1 unspecified atom stereocenters. The van der Waals surface area contributed by atoms with Crippen LogP contribution in [0.25, 0.3) is 0 Å². The Hall–Kier alpha value is -1.75. The number of hydrogen-bond acceptors (Lipinski definition) is 3. The maximum atomic E-state index is 11.8. The topological polar surface area (TPSA) is 66.4 Å². The minimum Gasteiger partial charge on any atom is -0.480 e. The van der Waals surface area contributed by atoms with Gasteiger partial charge in [-0.1, -0.05) is 24.3 Å². The molecule has 1 rings (SSSR count). The second-order valence-corrected chi connectivity index (χ2v) is 5.40. The molecule has 5 heteroatoms. The van der Waals surface area contributed by atoms with E-state index in [-0.39, 0.29) is 11.7 Å². The maximum absolute atomic E-state index is 11.8. The van der Waals surface area contributed by atoms with Gasteiger partial charge in [0.05, 0.1) is 5.75 Å². The number of thioether (sulfide) groups is 1. The summed E-state index contributed by atoms with van der Waals surface area (Å²) in [6.07, 6.45) is 2.56. The van der Waals surface area contributed by atoms with E-state index in [0.29, 0.717) is 12.8 Å². The lowest BCUT2D eigenvalue weighted by atomic mass is 10.1. The summed E-state index contributed by atoms with van der Waals surface area (Å²) in [5.41, 5.74) is 1.10. The summed E-state index contributed by atoms with van der Waals surface area (Å²) in [6, 6.07) is 6.93. The van der Waals surface area contributed by atoms with Crippen molar-refractivity contribution >= 4 is 23.6 Å². The highest BCUT2D eigenvalue weighted by molar-refractivity contribution is 8.00. The van der Waals surface area contributed by atoms with Gasteiger partial charge in [-0.25, -0.2) is 4.79 Å². The first-order chi connectivity index (χ1) is 9.54. The highest BCUT2D eigenvalue weighted by atomic mass is 32.2. The summed E-state index contributed by atoms with van der Waals surface area (Å²) in [7, 11) is 0. The van der Waals surface area contributed by atoms with E-state index in [2.05, 4.69) is 11.9 Å². The molecule has 0 radical (unpaired) electrons. The zero-order chi connectivity index (χ0) is 15.0. The van der Waals surface area contributed by atoms with Crippen molar-refractivity contribution < 1.29 is 14.7 Å². The molecule has 108 valence electrons. The van der Waals surface area contributed by atoms with E-state index in [1.165, 1.54) is 11.8 Å². The van der Waals surface area contributed by atoms with Crippen LogP contribution in [0.3, 0.4) is 0 Å². The van der Waals surface area contributed by atoms with Gasteiger partial charge in [0.2, 0.25) is 5.91 Å². The van der Waals surface area contributed by atoms with Gasteiger partial charge in [0.1, 0.15) is 6.04 Å². The molecule has 0 bridgehead atoms. The Morgan fingerprint density at radius 2 is 2.15 bits per heavy atom. The number of benzene rings is 1. The summed E-state index contributed by atoms with van der Waals surface area (Å²) in [6.45, 7) is 5.52. The number of carbonyl (C=O) groups excluding carboxylic acids is 1. The van der Waals surface area contributed by atoms with Crippen LogP contribution in [0.4, 0.5) is 0 Å². The molecular formula is C15H19NO3S. The average molecular weight is 293 g/mol. The highest BCUT2D eigenvalue weighted by Gasteiger charge is 2.18. The number of rotatable bonds is 8. The molecule has 1 aromatic carbocycles. The van der Waals surface area contributed by atoms with Gasteiger partial charge < -0.3 is 10.4 Å². The number of aryl methyl sites for hydroxylation is 1. The van der Waals surface area contributed by atoms with Gasteiger partial charge in [-0.2, -0.15) is 0 Å². The van der Waals surface area contributed by atoms with E-state index in [1.54, 1.807) is 6.08 Å². The minimum atomic E-state index is -1.01. The SMILES string of the molecule is C=CCCC(NC(=O)CSc1ccccc1C)C(=O)O. The van der Waals surface area contributed by atoms with Crippen LogP contribution in [0, 0.1) is 6.92 Å². The third-order valence-electron chi connectivity index (χ3n) is 2.75. The van der Waals surface area contributed by atoms with E-state index in [9.17, 15) is 9.59 Å². The lowest BCUT2D eigenvalue weighted by Gasteiger charge is -2.13. The predicted octanol–water partition coefficient (Wildman–Crippen LogP) is 2.62. The van der Waals surface area contributed by atoms with Gasteiger partial charge in [0.15, 0.2) is 0 Å². The number of nitrogens with one attached hydrogen (secondary N) is 1. The van der Waals surface area contributed by atoms with Crippen molar-refractivity contribution in [2.75, 3.05) is 5.75 Å². The molecule has 1 amide bonds. The monoisotopic (exact) mass is 293 g/mol. The fourth-order valence-electron chi connectivity index (χ4n) is 1.64. The minimum absolute atomic E-state index is 0.211. The molecule has 1 atom stereocenters. The Balaban J connectivity index is 2.48. The third-order valence-corrected chi connectivity index (χ3v) is 3.92. The Labute approximate surface area is 123 Å². The van der Waals surface area contributed by atoms with Crippen LogP contribution in [-0.4, -0.2) is 28.8 Å². The molecule has 0 aliphatic rings. The molecular weight excluding hydrogens is 274 g/mol. The average Bonchev–Trinajstić information content (AvgIpc) is 2.42. The zero-order valence-electron chi connectivity index (χ0n) is 11.5. The first kappa shape index (κ1) is 16.3. The van der Waals surface area contributed by atoms with Crippen molar-refractivity contribution in [1.29, 1.82) is 0 Å². The predicted molar refractivity (Wildman–Crippen MR) is 80.9 cm³/mol. The van der Waals surface area contributed by atoms with Crippen LogP contribution in [0.1, 0.15) is 18.4 Å². The Morgan fingerprint density at radius 1 is 1.45 bits per heavy atom. The van der Waals surface area contributed by atoms with Crippen molar-refractivity contribution in [3.05, 3.63) is 42.5 Å². The number of allylic oxidation sites excluding steroid dienone is 1.